The van der Waals surface area contributed by atoms with E-state index < -0.39 is 0 Å². The van der Waals surface area contributed by atoms with Crippen LogP contribution in [0.2, 0.25) is 5.15 Å². The molecule has 0 unspecified atom stereocenters. The number of piperidine rings is 1. The second-order valence-corrected chi connectivity index (χ2v) is 5.60. The number of nitrogens with zero attached hydrogens (tertiary/aromatic N) is 3. The molecule has 2 rings (SSSR count). The lowest BCUT2D eigenvalue weighted by Crippen LogP contribution is -2.40. The van der Waals surface area contributed by atoms with Gasteiger partial charge in [0.1, 0.15) is 12.0 Å². The van der Waals surface area contributed by atoms with Gasteiger partial charge in [0.25, 0.3) is 0 Å². The van der Waals surface area contributed by atoms with Crippen LogP contribution in [-0.4, -0.2) is 61.3 Å². The van der Waals surface area contributed by atoms with Gasteiger partial charge >= 0.3 is 0 Å². The average Bonchev–Trinajstić information content (AvgIpc) is 2.50. The molecule has 2 heterocycles. The molecule has 21 heavy (non-hydrogen) atoms. The van der Waals surface area contributed by atoms with Crippen molar-refractivity contribution in [2.75, 3.05) is 51.0 Å². The summed E-state index contributed by atoms with van der Waals surface area (Å²) in [4.78, 5) is 10.8. The summed E-state index contributed by atoms with van der Waals surface area (Å²) in [5, 5.41) is 6.98. The Bertz CT molecular complexity index is 437. The van der Waals surface area contributed by atoms with Crippen molar-refractivity contribution in [2.45, 2.75) is 25.3 Å². The van der Waals surface area contributed by atoms with Crippen molar-refractivity contribution in [3.05, 3.63) is 11.5 Å². The summed E-state index contributed by atoms with van der Waals surface area (Å²) < 4.78 is 5.10. The van der Waals surface area contributed by atoms with Crippen LogP contribution < -0.4 is 10.6 Å². The molecule has 2 N–H and O–H groups in total. The normalized spacial score (nSPS) is 16.9. The highest BCUT2D eigenvalue weighted by Crippen LogP contribution is 2.27. The summed E-state index contributed by atoms with van der Waals surface area (Å²) in [5.74, 6) is 0.787. The van der Waals surface area contributed by atoms with Gasteiger partial charge in [0.05, 0.1) is 0 Å². The molecular weight excluding hydrogens is 290 g/mol. The summed E-state index contributed by atoms with van der Waals surface area (Å²) in [5.41, 5.74) is 0.765. The van der Waals surface area contributed by atoms with E-state index in [1.807, 2.05) is 7.05 Å². The Morgan fingerprint density at radius 2 is 2.14 bits per heavy atom. The van der Waals surface area contributed by atoms with Gasteiger partial charge in [-0.3, -0.25) is 0 Å². The molecule has 6 nitrogen and oxygen atoms in total. The number of methoxy groups -OCH3 is 1. The van der Waals surface area contributed by atoms with Crippen LogP contribution in [0.4, 0.5) is 11.5 Å². The van der Waals surface area contributed by atoms with E-state index in [0.717, 1.165) is 57.0 Å². The molecule has 0 aromatic carbocycles. The van der Waals surface area contributed by atoms with Crippen molar-refractivity contribution in [2.24, 2.45) is 0 Å². The standard InChI is InChI=1S/C14H24ClN5O/c1-16-12-13(15)17-10-18-14(12)19-11-4-7-20(8-5-11)6-3-9-21-2/h10-11,16H,3-9H2,1-2H3,(H,17,18,19). The first kappa shape index (κ1) is 16.3. The summed E-state index contributed by atoms with van der Waals surface area (Å²) in [7, 11) is 3.58. The molecule has 0 atom stereocenters. The Labute approximate surface area is 131 Å². The van der Waals surface area contributed by atoms with Gasteiger partial charge in [-0.05, 0) is 19.3 Å². The highest BCUT2D eigenvalue weighted by Gasteiger charge is 2.20. The zero-order chi connectivity index (χ0) is 15.1. The largest absolute Gasteiger partial charge is 0.385 e. The van der Waals surface area contributed by atoms with E-state index in [9.17, 15) is 0 Å². The summed E-state index contributed by atoms with van der Waals surface area (Å²) in [6.45, 7) is 4.16. The predicted molar refractivity (Wildman–Crippen MR) is 86.2 cm³/mol. The van der Waals surface area contributed by atoms with Crippen LogP contribution in [0.5, 0.6) is 0 Å². The number of aromatic nitrogens is 2. The lowest BCUT2D eigenvalue weighted by Gasteiger charge is -2.32. The maximum absolute atomic E-state index is 6.07. The van der Waals surface area contributed by atoms with Crippen molar-refractivity contribution in [3.63, 3.8) is 0 Å². The predicted octanol–water partition coefficient (Wildman–Crippen LogP) is 2.08. The quantitative estimate of drug-likeness (QED) is 0.594. The Hall–Kier alpha value is -1.11. The minimum Gasteiger partial charge on any atom is -0.385 e. The second kappa shape index (κ2) is 8.36. The second-order valence-electron chi connectivity index (χ2n) is 5.24. The Kier molecular flexibility index (Phi) is 6.48. The van der Waals surface area contributed by atoms with Gasteiger partial charge in [-0.2, -0.15) is 0 Å². The molecule has 0 radical (unpaired) electrons. The van der Waals surface area contributed by atoms with Crippen molar-refractivity contribution in [1.29, 1.82) is 0 Å². The highest BCUT2D eigenvalue weighted by molar-refractivity contribution is 6.32. The van der Waals surface area contributed by atoms with Gasteiger partial charge in [-0.25, -0.2) is 9.97 Å². The van der Waals surface area contributed by atoms with Crippen molar-refractivity contribution < 1.29 is 4.74 Å². The number of hydrogen-bond donors (Lipinski definition) is 2. The van der Waals surface area contributed by atoms with Gasteiger partial charge < -0.3 is 20.3 Å². The highest BCUT2D eigenvalue weighted by atomic mass is 35.5. The van der Waals surface area contributed by atoms with Crippen LogP contribution in [0, 0.1) is 0 Å². The van der Waals surface area contributed by atoms with Gasteiger partial charge in [0, 0.05) is 46.4 Å². The zero-order valence-electron chi connectivity index (χ0n) is 12.7. The maximum Gasteiger partial charge on any atom is 0.157 e. The SMILES string of the molecule is CNc1c(Cl)ncnc1NC1CCN(CCCOC)CC1. The van der Waals surface area contributed by atoms with Crippen LogP contribution in [0.1, 0.15) is 19.3 Å². The van der Waals surface area contributed by atoms with Crippen LogP contribution in [0.3, 0.4) is 0 Å². The van der Waals surface area contributed by atoms with Gasteiger partial charge in [-0.15, -0.1) is 0 Å². The molecule has 1 aliphatic rings. The lowest BCUT2D eigenvalue weighted by atomic mass is 10.0. The summed E-state index contributed by atoms with van der Waals surface area (Å²) in [6, 6.07) is 0.432. The molecule has 1 aliphatic heterocycles. The lowest BCUT2D eigenvalue weighted by molar-refractivity contribution is 0.159. The first-order chi connectivity index (χ1) is 10.2. The molecule has 118 valence electrons. The molecule has 1 saturated heterocycles. The summed E-state index contributed by atoms with van der Waals surface area (Å²) >= 11 is 6.07. The van der Waals surface area contributed by atoms with E-state index in [1.165, 1.54) is 6.33 Å². The Balaban J connectivity index is 1.82. The summed E-state index contributed by atoms with van der Waals surface area (Å²) in [6.07, 6.45) is 4.81. The van der Waals surface area contributed by atoms with E-state index >= 15 is 0 Å². The molecule has 7 heteroatoms. The topological polar surface area (TPSA) is 62.3 Å². The average molecular weight is 314 g/mol. The molecular formula is C14H24ClN5O. The third-order valence-electron chi connectivity index (χ3n) is 3.80. The first-order valence-corrected chi connectivity index (χ1v) is 7.78. The van der Waals surface area contributed by atoms with Crippen molar-refractivity contribution in [3.8, 4) is 0 Å². The van der Waals surface area contributed by atoms with Crippen LogP contribution in [-0.2, 0) is 4.74 Å². The first-order valence-electron chi connectivity index (χ1n) is 7.40. The van der Waals surface area contributed by atoms with Crippen molar-refractivity contribution >= 4 is 23.1 Å². The van der Waals surface area contributed by atoms with Gasteiger partial charge in [0.2, 0.25) is 0 Å². The van der Waals surface area contributed by atoms with E-state index in [1.54, 1.807) is 7.11 Å². The third kappa shape index (κ3) is 4.69. The minimum atomic E-state index is 0.432. The monoisotopic (exact) mass is 313 g/mol. The Morgan fingerprint density at radius 1 is 1.38 bits per heavy atom. The van der Waals surface area contributed by atoms with E-state index in [2.05, 4.69) is 25.5 Å². The minimum absolute atomic E-state index is 0.432. The van der Waals surface area contributed by atoms with Gasteiger partial charge in [0.15, 0.2) is 11.0 Å². The van der Waals surface area contributed by atoms with E-state index in [-0.39, 0.29) is 0 Å². The molecule has 0 amide bonds. The zero-order valence-corrected chi connectivity index (χ0v) is 13.5. The van der Waals surface area contributed by atoms with Crippen molar-refractivity contribution in [1.82, 2.24) is 14.9 Å². The smallest absolute Gasteiger partial charge is 0.157 e. The number of likely N-dealkylation sites (tertiary alicyclic amines) is 1. The number of anilines is 2. The molecule has 0 spiro atoms. The Morgan fingerprint density at radius 3 is 2.81 bits per heavy atom. The molecule has 1 aromatic rings. The number of nitrogens with one attached hydrogen (secondary N) is 2. The number of rotatable bonds is 7. The fourth-order valence-corrected chi connectivity index (χ4v) is 2.85. The number of ether oxygens (including phenoxy) is 1. The van der Waals surface area contributed by atoms with Gasteiger partial charge in [-0.1, -0.05) is 11.6 Å². The van der Waals surface area contributed by atoms with Crippen LogP contribution >= 0.6 is 11.6 Å². The molecule has 0 saturated carbocycles. The fourth-order valence-electron chi connectivity index (χ4n) is 2.62. The van der Waals surface area contributed by atoms with E-state index in [0.29, 0.717) is 11.2 Å². The number of hydrogen-bond acceptors (Lipinski definition) is 6. The van der Waals surface area contributed by atoms with E-state index in [4.69, 9.17) is 16.3 Å². The molecule has 1 aromatic heterocycles. The number of halogens is 1. The third-order valence-corrected chi connectivity index (χ3v) is 4.09. The fraction of sp³-hybridized carbons (Fsp3) is 0.714. The maximum atomic E-state index is 6.07. The molecule has 1 fully saturated rings. The molecule has 0 bridgehead atoms. The van der Waals surface area contributed by atoms with Crippen LogP contribution in [0.15, 0.2) is 6.33 Å². The van der Waals surface area contributed by atoms with Crippen LogP contribution in [0.25, 0.3) is 0 Å². The molecule has 0 aliphatic carbocycles.